The van der Waals surface area contributed by atoms with Crippen LogP contribution in [0.1, 0.15) is 11.1 Å². The van der Waals surface area contributed by atoms with Crippen molar-refractivity contribution in [3.63, 3.8) is 0 Å². The third kappa shape index (κ3) is 2.16. The first-order valence-electron chi connectivity index (χ1n) is 5.97. The number of nitrogens with one attached hydrogen (secondary N) is 1. The third-order valence-electron chi connectivity index (χ3n) is 3.17. The molecule has 0 aliphatic heterocycles. The lowest BCUT2D eigenvalue weighted by atomic mass is 10.1. The summed E-state index contributed by atoms with van der Waals surface area (Å²) in [4.78, 5) is 7.71. The van der Waals surface area contributed by atoms with Crippen LogP contribution in [0, 0.1) is 19.7 Å². The molecule has 3 aromatic rings. The van der Waals surface area contributed by atoms with Crippen molar-refractivity contribution in [1.29, 1.82) is 0 Å². The summed E-state index contributed by atoms with van der Waals surface area (Å²) >= 11 is 3.18. The molecule has 0 aliphatic carbocycles. The predicted octanol–water partition coefficient (Wildman–Crippen LogP) is 4.75. The molecule has 0 aliphatic rings. The van der Waals surface area contributed by atoms with Gasteiger partial charge in [0.05, 0.1) is 15.5 Å². The molecule has 0 atom stereocenters. The molecule has 0 saturated carbocycles. The first-order chi connectivity index (χ1) is 9.04. The average Bonchev–Trinajstić information content (AvgIpc) is 2.75. The van der Waals surface area contributed by atoms with Crippen LogP contribution in [0.4, 0.5) is 4.39 Å². The van der Waals surface area contributed by atoms with E-state index in [0.717, 1.165) is 22.5 Å². The summed E-state index contributed by atoms with van der Waals surface area (Å²) in [6, 6.07) is 9.36. The number of fused-ring (bicyclic) bond motifs is 1. The molecule has 0 saturated heterocycles. The van der Waals surface area contributed by atoms with Gasteiger partial charge >= 0.3 is 0 Å². The lowest BCUT2D eigenvalue weighted by molar-refractivity contribution is 0.623. The molecular weight excluding hydrogens is 307 g/mol. The van der Waals surface area contributed by atoms with Crippen LogP contribution in [0.3, 0.4) is 0 Å². The largest absolute Gasteiger partial charge is 0.338 e. The molecule has 0 radical (unpaired) electrons. The molecule has 0 amide bonds. The highest BCUT2D eigenvalue weighted by Crippen LogP contribution is 2.27. The van der Waals surface area contributed by atoms with Gasteiger partial charge in [0, 0.05) is 11.6 Å². The number of aromatic amines is 1. The number of halogens is 2. The van der Waals surface area contributed by atoms with Crippen LogP contribution in [-0.2, 0) is 0 Å². The van der Waals surface area contributed by atoms with E-state index in [0.29, 0.717) is 9.99 Å². The van der Waals surface area contributed by atoms with Crippen molar-refractivity contribution in [2.24, 2.45) is 0 Å². The van der Waals surface area contributed by atoms with E-state index in [9.17, 15) is 4.39 Å². The first-order valence-corrected chi connectivity index (χ1v) is 6.76. The highest BCUT2D eigenvalue weighted by Gasteiger charge is 2.10. The quantitative estimate of drug-likeness (QED) is 0.689. The van der Waals surface area contributed by atoms with Crippen LogP contribution in [0.15, 0.2) is 34.8 Å². The minimum atomic E-state index is -0.288. The molecule has 96 valence electrons. The van der Waals surface area contributed by atoms with Gasteiger partial charge in [-0.15, -0.1) is 0 Å². The van der Waals surface area contributed by atoms with Gasteiger partial charge in [0.15, 0.2) is 0 Å². The Morgan fingerprint density at radius 2 is 1.95 bits per heavy atom. The van der Waals surface area contributed by atoms with Crippen LogP contribution in [0.25, 0.3) is 22.4 Å². The molecule has 0 unspecified atom stereocenters. The molecule has 0 spiro atoms. The number of hydrogen-bond acceptors (Lipinski definition) is 1. The summed E-state index contributed by atoms with van der Waals surface area (Å²) in [5, 5.41) is 0. The van der Waals surface area contributed by atoms with E-state index >= 15 is 0 Å². The monoisotopic (exact) mass is 318 g/mol. The van der Waals surface area contributed by atoms with Crippen molar-refractivity contribution < 1.29 is 4.39 Å². The van der Waals surface area contributed by atoms with Gasteiger partial charge in [-0.1, -0.05) is 17.7 Å². The standard InChI is InChI=1S/C15H12BrFN2/c1-8-3-4-9(2)10(5-8)15-18-13-6-11(16)12(17)7-14(13)19-15/h3-7H,1-2H3,(H,18,19). The molecule has 1 aromatic heterocycles. The van der Waals surface area contributed by atoms with E-state index in [2.05, 4.69) is 44.1 Å². The van der Waals surface area contributed by atoms with Crippen molar-refractivity contribution in [1.82, 2.24) is 9.97 Å². The second kappa shape index (κ2) is 4.46. The number of imidazole rings is 1. The number of rotatable bonds is 1. The predicted molar refractivity (Wildman–Crippen MR) is 78.7 cm³/mol. The van der Waals surface area contributed by atoms with E-state index < -0.39 is 0 Å². The SMILES string of the molecule is Cc1ccc(C)c(-c2nc3cc(Br)c(F)cc3[nH]2)c1. The van der Waals surface area contributed by atoms with Crippen LogP contribution < -0.4 is 0 Å². The molecular formula is C15H12BrFN2. The second-order valence-electron chi connectivity index (χ2n) is 4.69. The minimum absolute atomic E-state index is 0.288. The lowest BCUT2D eigenvalue weighted by Crippen LogP contribution is -1.86. The number of hydrogen-bond donors (Lipinski definition) is 1. The maximum atomic E-state index is 13.5. The lowest BCUT2D eigenvalue weighted by Gasteiger charge is -2.03. The Bertz CT molecular complexity index is 738. The maximum Gasteiger partial charge on any atom is 0.139 e. The van der Waals surface area contributed by atoms with Crippen molar-refractivity contribution in [2.75, 3.05) is 0 Å². The fourth-order valence-corrected chi connectivity index (χ4v) is 2.45. The van der Waals surface area contributed by atoms with E-state index in [-0.39, 0.29) is 5.82 Å². The summed E-state index contributed by atoms with van der Waals surface area (Å²) in [6.07, 6.45) is 0. The summed E-state index contributed by atoms with van der Waals surface area (Å²) in [7, 11) is 0. The second-order valence-corrected chi connectivity index (χ2v) is 5.54. The molecule has 1 heterocycles. The number of aromatic nitrogens is 2. The van der Waals surface area contributed by atoms with Crippen LogP contribution in [0.2, 0.25) is 0 Å². The summed E-state index contributed by atoms with van der Waals surface area (Å²) in [5.74, 6) is 0.484. The number of benzene rings is 2. The maximum absolute atomic E-state index is 13.5. The molecule has 0 bridgehead atoms. The van der Waals surface area contributed by atoms with Crippen molar-refractivity contribution >= 4 is 27.0 Å². The number of nitrogens with zero attached hydrogens (tertiary/aromatic N) is 1. The Balaban J connectivity index is 2.23. The van der Waals surface area contributed by atoms with Gasteiger partial charge in [0.25, 0.3) is 0 Å². The Hall–Kier alpha value is -1.68. The zero-order chi connectivity index (χ0) is 13.6. The fourth-order valence-electron chi connectivity index (χ4n) is 2.12. The molecule has 1 N–H and O–H groups in total. The molecule has 3 rings (SSSR count). The minimum Gasteiger partial charge on any atom is -0.338 e. The average molecular weight is 319 g/mol. The van der Waals surface area contributed by atoms with Crippen molar-refractivity contribution in [3.05, 3.63) is 51.7 Å². The summed E-state index contributed by atoms with van der Waals surface area (Å²) in [5.41, 5.74) is 4.83. The zero-order valence-corrected chi connectivity index (χ0v) is 12.2. The van der Waals surface area contributed by atoms with Crippen LogP contribution >= 0.6 is 15.9 Å². The van der Waals surface area contributed by atoms with E-state index in [1.165, 1.54) is 11.6 Å². The fraction of sp³-hybridized carbons (Fsp3) is 0.133. The first kappa shape index (κ1) is 12.4. The van der Waals surface area contributed by atoms with Gasteiger partial charge in [0.2, 0.25) is 0 Å². The highest BCUT2D eigenvalue weighted by molar-refractivity contribution is 9.10. The normalized spacial score (nSPS) is 11.2. The van der Waals surface area contributed by atoms with Gasteiger partial charge in [-0.25, -0.2) is 9.37 Å². The Kier molecular flexibility index (Phi) is 2.90. The van der Waals surface area contributed by atoms with Gasteiger partial charge < -0.3 is 4.98 Å². The molecule has 0 fully saturated rings. The van der Waals surface area contributed by atoms with Gasteiger partial charge in [0.1, 0.15) is 11.6 Å². The molecule has 2 aromatic carbocycles. The molecule has 4 heteroatoms. The Morgan fingerprint density at radius 3 is 2.74 bits per heavy atom. The van der Waals surface area contributed by atoms with Gasteiger partial charge in [-0.2, -0.15) is 0 Å². The highest BCUT2D eigenvalue weighted by atomic mass is 79.9. The Labute approximate surface area is 118 Å². The van der Waals surface area contributed by atoms with E-state index in [1.54, 1.807) is 6.07 Å². The van der Waals surface area contributed by atoms with Crippen molar-refractivity contribution in [3.8, 4) is 11.4 Å². The van der Waals surface area contributed by atoms with E-state index in [1.807, 2.05) is 13.8 Å². The van der Waals surface area contributed by atoms with Crippen molar-refractivity contribution in [2.45, 2.75) is 13.8 Å². The zero-order valence-electron chi connectivity index (χ0n) is 10.6. The topological polar surface area (TPSA) is 28.7 Å². The van der Waals surface area contributed by atoms with Crippen LogP contribution in [0.5, 0.6) is 0 Å². The molecule has 2 nitrogen and oxygen atoms in total. The van der Waals surface area contributed by atoms with Gasteiger partial charge in [-0.05, 0) is 47.5 Å². The Morgan fingerprint density at radius 1 is 1.16 bits per heavy atom. The smallest absolute Gasteiger partial charge is 0.139 e. The number of aryl methyl sites for hydroxylation is 2. The number of H-pyrrole nitrogens is 1. The summed E-state index contributed by atoms with van der Waals surface area (Å²) in [6.45, 7) is 4.08. The summed E-state index contributed by atoms with van der Waals surface area (Å²) < 4.78 is 13.9. The van der Waals surface area contributed by atoms with E-state index in [4.69, 9.17) is 0 Å². The molecule has 19 heavy (non-hydrogen) atoms. The van der Waals surface area contributed by atoms with Crippen LogP contribution in [-0.4, -0.2) is 9.97 Å². The van der Waals surface area contributed by atoms with Gasteiger partial charge in [-0.3, -0.25) is 0 Å². The third-order valence-corrected chi connectivity index (χ3v) is 3.78.